The smallest absolute Gasteiger partial charge is 0.304 e. The molecule has 0 fully saturated rings. The number of nitro benzene ring substituents is 1. The molecule has 3 rings (SSSR count). The minimum atomic E-state index is -1.01. The third-order valence-electron chi connectivity index (χ3n) is 3.42. The number of fused-ring (bicyclic) bond motifs is 1. The Bertz CT molecular complexity index is 728. The maximum atomic E-state index is 13.6. The first-order valence-electron chi connectivity index (χ1n) is 6.29. The van der Waals surface area contributed by atoms with E-state index in [0.717, 1.165) is 18.0 Å². The second-order valence-corrected chi connectivity index (χ2v) is 4.69. The van der Waals surface area contributed by atoms with Gasteiger partial charge in [0.1, 0.15) is 5.82 Å². The van der Waals surface area contributed by atoms with Gasteiger partial charge in [0.2, 0.25) is 5.82 Å². The first-order chi connectivity index (χ1) is 10.1. The van der Waals surface area contributed by atoms with Gasteiger partial charge in [-0.25, -0.2) is 4.98 Å². The van der Waals surface area contributed by atoms with E-state index in [-0.39, 0.29) is 11.5 Å². The number of carbonyl (C=O) groups is 1. The Morgan fingerprint density at radius 2 is 2.19 bits per heavy atom. The number of halogens is 1. The molecule has 1 aliphatic rings. The lowest BCUT2D eigenvalue weighted by atomic mass is 10.1. The molecule has 0 spiro atoms. The lowest BCUT2D eigenvalue weighted by Gasteiger charge is -2.27. The zero-order valence-electron chi connectivity index (χ0n) is 10.9. The van der Waals surface area contributed by atoms with Crippen LogP contribution in [0, 0.1) is 15.9 Å². The predicted molar refractivity (Wildman–Crippen MR) is 70.0 cm³/mol. The van der Waals surface area contributed by atoms with E-state index in [2.05, 4.69) is 4.98 Å². The summed E-state index contributed by atoms with van der Waals surface area (Å²) in [5.41, 5.74) is -0.543. The molecule has 2 aromatic rings. The molecule has 0 unspecified atom stereocenters. The van der Waals surface area contributed by atoms with Gasteiger partial charge in [0.25, 0.3) is 5.91 Å². The number of carbonyl (C=O) groups excluding carboxylic acids is 1. The Kier molecular flexibility index (Phi) is 3.13. The number of hydrogen-bond acceptors (Lipinski definition) is 4. The van der Waals surface area contributed by atoms with E-state index in [1.807, 2.05) is 10.8 Å². The molecule has 0 aliphatic carbocycles. The van der Waals surface area contributed by atoms with Gasteiger partial charge >= 0.3 is 5.69 Å². The minimum absolute atomic E-state index is 0.0955. The van der Waals surface area contributed by atoms with E-state index in [4.69, 9.17) is 0 Å². The summed E-state index contributed by atoms with van der Waals surface area (Å²) in [6, 6.07) is 3.18. The average Bonchev–Trinajstić information content (AvgIpc) is 2.93. The highest BCUT2D eigenvalue weighted by atomic mass is 19.1. The van der Waals surface area contributed by atoms with Gasteiger partial charge in [-0.05, 0) is 12.1 Å². The molecule has 0 saturated carbocycles. The largest absolute Gasteiger partial charge is 0.332 e. The van der Waals surface area contributed by atoms with Crippen LogP contribution in [0.4, 0.5) is 10.1 Å². The highest BCUT2D eigenvalue weighted by Gasteiger charge is 2.24. The van der Waals surface area contributed by atoms with Crippen LogP contribution in [-0.4, -0.2) is 31.8 Å². The van der Waals surface area contributed by atoms with Gasteiger partial charge < -0.3 is 9.47 Å². The molecule has 7 nitrogen and oxygen atoms in total. The first kappa shape index (κ1) is 13.2. The van der Waals surface area contributed by atoms with E-state index < -0.39 is 16.4 Å². The van der Waals surface area contributed by atoms with E-state index in [0.29, 0.717) is 19.6 Å². The number of rotatable bonds is 2. The molecule has 0 radical (unpaired) electrons. The number of aromatic nitrogens is 2. The lowest BCUT2D eigenvalue weighted by Crippen LogP contribution is -2.38. The molecule has 0 bridgehead atoms. The van der Waals surface area contributed by atoms with Crippen LogP contribution in [0.3, 0.4) is 0 Å². The van der Waals surface area contributed by atoms with Gasteiger partial charge in [0.05, 0.1) is 11.5 Å². The zero-order chi connectivity index (χ0) is 15.0. The summed E-state index contributed by atoms with van der Waals surface area (Å²) in [5.74, 6) is -0.612. The third kappa shape index (κ3) is 2.35. The van der Waals surface area contributed by atoms with Crippen molar-refractivity contribution in [1.29, 1.82) is 0 Å². The molecule has 0 atom stereocenters. The predicted octanol–water partition coefficient (Wildman–Crippen LogP) is 1.59. The number of benzene rings is 1. The SMILES string of the molecule is O=C(c1ccc([N+](=O)[O-])c(F)c1)N1CCn2ccnc2C1. The monoisotopic (exact) mass is 290 g/mol. The molecule has 8 heteroatoms. The van der Waals surface area contributed by atoms with Gasteiger partial charge in [0, 0.05) is 37.1 Å². The number of hydrogen-bond donors (Lipinski definition) is 0. The van der Waals surface area contributed by atoms with Crippen LogP contribution in [0.2, 0.25) is 0 Å². The van der Waals surface area contributed by atoms with Gasteiger partial charge in [0.15, 0.2) is 0 Å². The molecule has 1 aliphatic heterocycles. The van der Waals surface area contributed by atoms with Crippen molar-refractivity contribution >= 4 is 11.6 Å². The highest BCUT2D eigenvalue weighted by Crippen LogP contribution is 2.20. The Labute approximate surface area is 118 Å². The van der Waals surface area contributed by atoms with Crippen molar-refractivity contribution in [3.8, 4) is 0 Å². The van der Waals surface area contributed by atoms with Crippen molar-refractivity contribution in [1.82, 2.24) is 14.5 Å². The van der Waals surface area contributed by atoms with Crippen molar-refractivity contribution in [2.24, 2.45) is 0 Å². The van der Waals surface area contributed by atoms with Gasteiger partial charge in [-0.3, -0.25) is 14.9 Å². The summed E-state index contributed by atoms with van der Waals surface area (Å²) in [6.07, 6.45) is 3.50. The third-order valence-corrected chi connectivity index (χ3v) is 3.42. The van der Waals surface area contributed by atoms with Gasteiger partial charge in [-0.15, -0.1) is 0 Å². The van der Waals surface area contributed by atoms with E-state index in [9.17, 15) is 19.3 Å². The first-order valence-corrected chi connectivity index (χ1v) is 6.29. The summed E-state index contributed by atoms with van der Waals surface area (Å²) in [5, 5.41) is 10.6. The number of nitrogens with zero attached hydrogens (tertiary/aromatic N) is 4. The summed E-state index contributed by atoms with van der Waals surface area (Å²) in [6.45, 7) is 1.45. The number of amides is 1. The second-order valence-electron chi connectivity index (χ2n) is 4.69. The van der Waals surface area contributed by atoms with Crippen LogP contribution in [0.5, 0.6) is 0 Å². The lowest BCUT2D eigenvalue weighted by molar-refractivity contribution is -0.387. The fourth-order valence-electron chi connectivity index (χ4n) is 2.32. The van der Waals surface area contributed by atoms with Crippen molar-refractivity contribution in [3.05, 3.63) is 57.9 Å². The van der Waals surface area contributed by atoms with Gasteiger partial charge in [-0.2, -0.15) is 4.39 Å². The van der Waals surface area contributed by atoms with E-state index >= 15 is 0 Å². The second kappa shape index (κ2) is 4.97. The fourth-order valence-corrected chi connectivity index (χ4v) is 2.32. The number of imidazole rings is 1. The van der Waals surface area contributed by atoms with Crippen molar-refractivity contribution in [2.45, 2.75) is 13.1 Å². The van der Waals surface area contributed by atoms with Gasteiger partial charge in [-0.1, -0.05) is 0 Å². The van der Waals surface area contributed by atoms with Crippen LogP contribution in [0.25, 0.3) is 0 Å². The maximum absolute atomic E-state index is 13.6. The molecular formula is C13H11FN4O3. The Morgan fingerprint density at radius 1 is 1.38 bits per heavy atom. The molecule has 108 valence electrons. The van der Waals surface area contributed by atoms with Crippen molar-refractivity contribution in [3.63, 3.8) is 0 Å². The normalized spacial score (nSPS) is 13.9. The van der Waals surface area contributed by atoms with Crippen LogP contribution in [0.1, 0.15) is 16.2 Å². The molecule has 1 aromatic heterocycles. The molecule has 0 saturated heterocycles. The zero-order valence-corrected chi connectivity index (χ0v) is 10.9. The van der Waals surface area contributed by atoms with Crippen LogP contribution >= 0.6 is 0 Å². The number of nitro groups is 1. The highest BCUT2D eigenvalue weighted by molar-refractivity contribution is 5.94. The Hall–Kier alpha value is -2.77. The summed E-state index contributed by atoms with van der Waals surface area (Å²) < 4.78 is 15.5. The quantitative estimate of drug-likeness (QED) is 0.621. The Balaban J connectivity index is 1.83. The van der Waals surface area contributed by atoms with Crippen LogP contribution in [0.15, 0.2) is 30.6 Å². The van der Waals surface area contributed by atoms with Crippen molar-refractivity contribution in [2.75, 3.05) is 6.54 Å². The molecular weight excluding hydrogens is 279 g/mol. The Morgan fingerprint density at radius 3 is 2.90 bits per heavy atom. The molecule has 2 heterocycles. The van der Waals surface area contributed by atoms with E-state index in [1.54, 1.807) is 11.1 Å². The van der Waals surface area contributed by atoms with Crippen LogP contribution in [-0.2, 0) is 13.1 Å². The minimum Gasteiger partial charge on any atom is -0.332 e. The van der Waals surface area contributed by atoms with E-state index in [1.165, 1.54) is 6.07 Å². The summed E-state index contributed by atoms with van der Waals surface area (Å²) in [4.78, 5) is 27.8. The molecule has 0 N–H and O–H groups in total. The fraction of sp³-hybridized carbons (Fsp3) is 0.231. The maximum Gasteiger partial charge on any atom is 0.304 e. The van der Waals surface area contributed by atoms with Crippen molar-refractivity contribution < 1.29 is 14.1 Å². The summed E-state index contributed by atoms with van der Waals surface area (Å²) >= 11 is 0. The average molecular weight is 290 g/mol. The molecule has 1 aromatic carbocycles. The molecule has 21 heavy (non-hydrogen) atoms. The summed E-state index contributed by atoms with van der Waals surface area (Å²) in [7, 11) is 0. The van der Waals surface area contributed by atoms with Crippen LogP contribution < -0.4 is 0 Å². The standard InChI is InChI=1S/C13H11FN4O3/c14-10-7-9(1-2-11(10)18(20)21)13(19)17-6-5-16-4-3-15-12(16)8-17/h1-4,7H,5-6,8H2. The molecule has 1 amide bonds. The topological polar surface area (TPSA) is 81.3 Å².